The molecule has 3 aliphatic carbocycles. The second kappa shape index (κ2) is 4.75. The smallest absolute Gasteiger partial charge is 0.335 e. The van der Waals surface area contributed by atoms with E-state index in [9.17, 15) is 24.6 Å². The highest BCUT2D eigenvalue weighted by atomic mass is 16.4. The predicted molar refractivity (Wildman–Crippen MR) is 70.2 cm³/mol. The van der Waals surface area contributed by atoms with Gasteiger partial charge in [-0.1, -0.05) is 0 Å². The van der Waals surface area contributed by atoms with E-state index in [1.54, 1.807) is 0 Å². The van der Waals surface area contributed by atoms with Crippen LogP contribution in [0.25, 0.3) is 0 Å². The Morgan fingerprint density at radius 3 is 2.62 bits per heavy atom. The molecule has 0 aromatic heterocycles. The number of carboxylic acid groups (broad SMARTS) is 1. The number of hydrogen-bond donors (Lipinski definition) is 3. The van der Waals surface area contributed by atoms with Crippen LogP contribution < -0.4 is 0 Å². The van der Waals surface area contributed by atoms with Crippen molar-refractivity contribution in [3.63, 3.8) is 0 Å². The number of hydrogen-bond acceptors (Lipinski definition) is 5. The topological polar surface area (TPSA) is 112 Å². The number of allylic oxidation sites excluding steroid dienone is 1. The highest BCUT2D eigenvalue weighted by Gasteiger charge is 2.46. The average Bonchev–Trinajstić information content (AvgIpc) is 2.43. The van der Waals surface area contributed by atoms with E-state index in [4.69, 9.17) is 5.11 Å². The Balaban J connectivity index is 2.14. The van der Waals surface area contributed by atoms with Crippen molar-refractivity contribution in [3.05, 3.63) is 34.4 Å². The lowest BCUT2D eigenvalue weighted by atomic mass is 9.68. The Morgan fingerprint density at radius 2 is 1.95 bits per heavy atom. The molecule has 3 aliphatic rings. The first-order valence-corrected chi connectivity index (χ1v) is 6.76. The van der Waals surface area contributed by atoms with E-state index in [0.717, 1.165) is 12.2 Å². The number of rotatable bonds is 1. The summed E-state index contributed by atoms with van der Waals surface area (Å²) < 4.78 is 0. The summed E-state index contributed by atoms with van der Waals surface area (Å²) in [6.07, 6.45) is 1.27. The van der Waals surface area contributed by atoms with Gasteiger partial charge in [0.2, 0.25) is 0 Å². The summed E-state index contributed by atoms with van der Waals surface area (Å²) in [5, 5.41) is 29.0. The summed E-state index contributed by atoms with van der Waals surface area (Å²) in [5.41, 5.74) is 0.176. The highest BCUT2D eigenvalue weighted by Crippen LogP contribution is 2.40. The number of aliphatic hydroxyl groups is 2. The van der Waals surface area contributed by atoms with Gasteiger partial charge in [0.1, 0.15) is 0 Å². The molecule has 3 rings (SSSR count). The van der Waals surface area contributed by atoms with Crippen molar-refractivity contribution < 1.29 is 29.7 Å². The van der Waals surface area contributed by atoms with E-state index < -0.39 is 35.7 Å². The van der Waals surface area contributed by atoms with Gasteiger partial charge >= 0.3 is 5.97 Å². The van der Waals surface area contributed by atoms with Gasteiger partial charge in [-0.2, -0.15) is 0 Å². The molecule has 0 aromatic rings. The molecule has 3 N–H and O–H groups in total. The number of Topliss-reactive ketones (excluding diaryl/α,β-unsaturated/α-hetero) is 2. The van der Waals surface area contributed by atoms with Crippen molar-refractivity contribution in [1.82, 2.24) is 0 Å². The Bertz CT molecular complexity index is 651. The molecule has 0 saturated heterocycles. The summed E-state index contributed by atoms with van der Waals surface area (Å²) in [6.45, 7) is 0. The van der Waals surface area contributed by atoms with E-state index in [1.807, 2.05) is 0 Å². The van der Waals surface area contributed by atoms with Gasteiger partial charge in [0.15, 0.2) is 11.6 Å². The lowest BCUT2D eigenvalue weighted by molar-refractivity contribution is -0.132. The zero-order valence-corrected chi connectivity index (χ0v) is 11.1. The van der Waals surface area contributed by atoms with E-state index in [1.165, 1.54) is 0 Å². The molecule has 6 nitrogen and oxygen atoms in total. The van der Waals surface area contributed by atoms with Crippen LogP contribution in [0, 0.1) is 5.92 Å². The van der Waals surface area contributed by atoms with Gasteiger partial charge < -0.3 is 15.3 Å². The van der Waals surface area contributed by atoms with Gasteiger partial charge in [-0.05, 0) is 31.4 Å². The molecule has 0 aliphatic heterocycles. The first-order chi connectivity index (χ1) is 9.91. The Hall–Kier alpha value is -2.05. The fraction of sp³-hybridized carbons (Fsp3) is 0.400. The van der Waals surface area contributed by atoms with Gasteiger partial charge in [-0.15, -0.1) is 0 Å². The van der Waals surface area contributed by atoms with Gasteiger partial charge in [0.25, 0.3) is 0 Å². The minimum absolute atomic E-state index is 0.0141. The molecule has 3 atom stereocenters. The third-order valence-electron chi connectivity index (χ3n) is 4.23. The normalized spacial score (nSPS) is 32.2. The maximum atomic E-state index is 12.5. The van der Waals surface area contributed by atoms with E-state index >= 15 is 0 Å². The van der Waals surface area contributed by atoms with E-state index in [2.05, 4.69) is 0 Å². The standard InChI is InChI=1S/C15H14O6/c16-9-3-1-2-7-11(9)14(19)12-8(13(7)18)4-6(15(20)21)5-10(12)17/h4-5,9-10,12,16-17H,1-3H2,(H,20,21). The Labute approximate surface area is 120 Å². The molecule has 0 bridgehead atoms. The number of carbonyl (C=O) groups excluding carboxylic acids is 2. The predicted octanol–water partition coefficient (Wildman–Crippen LogP) is -0.0923. The number of aliphatic carboxylic acids is 1. The molecule has 6 heteroatoms. The fourth-order valence-electron chi connectivity index (χ4n) is 3.25. The minimum atomic E-state index is -1.37. The van der Waals surface area contributed by atoms with Crippen LogP contribution in [0.5, 0.6) is 0 Å². The van der Waals surface area contributed by atoms with Gasteiger partial charge in [0.05, 0.1) is 23.7 Å². The van der Waals surface area contributed by atoms with Gasteiger partial charge in [-0.25, -0.2) is 4.79 Å². The molecule has 110 valence electrons. The molecule has 0 aromatic carbocycles. The van der Waals surface area contributed by atoms with Crippen molar-refractivity contribution >= 4 is 17.5 Å². The molecule has 0 saturated carbocycles. The van der Waals surface area contributed by atoms with Crippen LogP contribution in [-0.2, 0) is 14.4 Å². The van der Waals surface area contributed by atoms with Crippen LogP contribution in [0.3, 0.4) is 0 Å². The van der Waals surface area contributed by atoms with Crippen molar-refractivity contribution in [1.29, 1.82) is 0 Å². The van der Waals surface area contributed by atoms with E-state index in [-0.39, 0.29) is 22.3 Å². The molecule has 21 heavy (non-hydrogen) atoms. The number of carboxylic acids is 1. The van der Waals surface area contributed by atoms with E-state index in [0.29, 0.717) is 19.3 Å². The fourth-order valence-corrected chi connectivity index (χ4v) is 3.25. The van der Waals surface area contributed by atoms with Crippen molar-refractivity contribution in [3.8, 4) is 0 Å². The summed E-state index contributed by atoms with van der Waals surface area (Å²) in [4.78, 5) is 36.0. The van der Waals surface area contributed by atoms with Crippen LogP contribution in [0.4, 0.5) is 0 Å². The number of carbonyl (C=O) groups is 3. The summed E-state index contributed by atoms with van der Waals surface area (Å²) >= 11 is 0. The molecule has 0 fully saturated rings. The first-order valence-electron chi connectivity index (χ1n) is 6.76. The number of ketones is 2. The molecule has 0 amide bonds. The minimum Gasteiger partial charge on any atom is -0.478 e. The van der Waals surface area contributed by atoms with Crippen molar-refractivity contribution in [2.45, 2.75) is 31.5 Å². The molecular weight excluding hydrogens is 276 g/mol. The Kier molecular flexibility index (Phi) is 3.15. The third kappa shape index (κ3) is 1.99. The summed E-state index contributed by atoms with van der Waals surface area (Å²) in [5.74, 6) is -3.27. The second-order valence-corrected chi connectivity index (χ2v) is 5.49. The lowest BCUT2D eigenvalue weighted by Crippen LogP contribution is -2.43. The quantitative estimate of drug-likeness (QED) is 0.622. The van der Waals surface area contributed by atoms with Crippen LogP contribution in [0.15, 0.2) is 34.4 Å². The molecule has 0 radical (unpaired) electrons. The molecular formula is C15H14O6. The first kappa shape index (κ1) is 13.9. The van der Waals surface area contributed by atoms with Crippen molar-refractivity contribution in [2.75, 3.05) is 0 Å². The molecule has 0 spiro atoms. The highest BCUT2D eigenvalue weighted by molar-refractivity contribution is 6.23. The monoisotopic (exact) mass is 290 g/mol. The van der Waals surface area contributed by atoms with Crippen LogP contribution >= 0.6 is 0 Å². The summed E-state index contributed by atoms with van der Waals surface area (Å²) in [7, 11) is 0. The number of aliphatic hydroxyl groups excluding tert-OH is 2. The second-order valence-electron chi connectivity index (χ2n) is 5.49. The SMILES string of the molecule is O=C(O)C1=CC(O)C2C(=O)C3=C(CCCC3O)C(=O)C2=C1. The third-order valence-corrected chi connectivity index (χ3v) is 4.23. The van der Waals surface area contributed by atoms with Crippen LogP contribution in [0.1, 0.15) is 19.3 Å². The number of fused-ring (bicyclic) bond motifs is 1. The zero-order chi connectivity index (χ0) is 15.3. The summed E-state index contributed by atoms with van der Waals surface area (Å²) in [6, 6.07) is 0. The molecule has 0 heterocycles. The van der Waals surface area contributed by atoms with Crippen LogP contribution in [-0.4, -0.2) is 45.1 Å². The van der Waals surface area contributed by atoms with Gasteiger partial charge in [-0.3, -0.25) is 9.59 Å². The largest absolute Gasteiger partial charge is 0.478 e. The zero-order valence-electron chi connectivity index (χ0n) is 11.1. The maximum Gasteiger partial charge on any atom is 0.335 e. The van der Waals surface area contributed by atoms with Crippen LogP contribution in [0.2, 0.25) is 0 Å². The lowest BCUT2D eigenvalue weighted by Gasteiger charge is -2.35. The maximum absolute atomic E-state index is 12.5. The Morgan fingerprint density at radius 1 is 1.24 bits per heavy atom. The van der Waals surface area contributed by atoms with Crippen molar-refractivity contribution in [2.24, 2.45) is 5.92 Å². The average molecular weight is 290 g/mol. The van der Waals surface area contributed by atoms with Gasteiger partial charge in [0, 0.05) is 16.7 Å². The molecule has 3 unspecified atom stereocenters.